The fraction of sp³-hybridized carbons (Fsp3) is 0.273. The lowest BCUT2D eigenvalue weighted by Crippen LogP contribution is -2.42. The lowest BCUT2D eigenvalue weighted by Gasteiger charge is -2.36. The van der Waals surface area contributed by atoms with Gasteiger partial charge in [0.2, 0.25) is 0 Å². The van der Waals surface area contributed by atoms with Crippen LogP contribution in [0.2, 0.25) is 0 Å². The number of fused-ring (bicyclic) bond motifs is 15. The first-order chi connectivity index (χ1) is 39.3. The molecular formula is C66H58N2O6P2S6. The summed E-state index contributed by atoms with van der Waals surface area (Å²) in [6.07, 6.45) is 3.58. The zero-order valence-electron chi connectivity index (χ0n) is 45.7. The monoisotopic (exact) mass is 1230 g/mol. The van der Waals surface area contributed by atoms with Crippen LogP contribution in [0.25, 0.3) is 60.5 Å². The van der Waals surface area contributed by atoms with Gasteiger partial charge in [0.05, 0.1) is 41.1 Å². The van der Waals surface area contributed by atoms with E-state index in [1.54, 1.807) is 45.3 Å². The number of ketones is 2. The van der Waals surface area contributed by atoms with E-state index in [1.165, 1.54) is 0 Å². The van der Waals surface area contributed by atoms with Crippen LogP contribution in [-0.2, 0) is 29.6 Å². The first-order valence-corrected chi connectivity index (χ1v) is 38.0. The summed E-state index contributed by atoms with van der Waals surface area (Å²) in [4.78, 5) is 28.1. The molecule has 16 heteroatoms. The van der Waals surface area contributed by atoms with Gasteiger partial charge in [0.1, 0.15) is 11.6 Å². The number of sulfonamides is 2. The molecule has 4 aromatic heterocycles. The molecule has 4 aliphatic rings. The first-order valence-electron chi connectivity index (χ1n) is 28.0. The predicted octanol–water partition coefficient (Wildman–Crippen LogP) is 15.3. The third-order valence-corrected chi connectivity index (χ3v) is 37.2. The molecule has 15 rings (SSSR count). The number of hydrogen-bond donors (Lipinski definition) is 0. The summed E-state index contributed by atoms with van der Waals surface area (Å²) in [5, 5.41) is 12.6. The molecule has 4 atom stereocenters. The van der Waals surface area contributed by atoms with E-state index in [0.29, 0.717) is 25.7 Å². The van der Waals surface area contributed by atoms with Gasteiger partial charge in [0.25, 0.3) is 20.0 Å². The molecule has 0 saturated heterocycles. The highest BCUT2D eigenvalue weighted by Gasteiger charge is 2.67. The second-order valence-corrected chi connectivity index (χ2v) is 38.7. The molecule has 4 heterocycles. The van der Waals surface area contributed by atoms with E-state index in [9.17, 15) is 9.59 Å². The molecule has 0 amide bonds. The molecule has 4 saturated carbocycles. The van der Waals surface area contributed by atoms with Gasteiger partial charge in [-0.15, -0.1) is 45.3 Å². The summed E-state index contributed by atoms with van der Waals surface area (Å²) in [6, 6.07) is 55.2. The summed E-state index contributed by atoms with van der Waals surface area (Å²) < 4.78 is 79.9. The van der Waals surface area contributed by atoms with Gasteiger partial charge in [-0.05, 0) is 90.8 Å². The van der Waals surface area contributed by atoms with Crippen molar-refractivity contribution < 1.29 is 26.4 Å². The first kappa shape index (κ1) is 53.3. The number of benzene rings is 7. The Kier molecular flexibility index (Phi) is 12.1. The van der Waals surface area contributed by atoms with Gasteiger partial charge >= 0.3 is 0 Å². The summed E-state index contributed by atoms with van der Waals surface area (Å²) in [5.74, 6) is -0.241. The van der Waals surface area contributed by atoms with Gasteiger partial charge in [-0.2, -0.15) is 8.30 Å². The molecular weight excluding hydrogens is 1170 g/mol. The van der Waals surface area contributed by atoms with Crippen LogP contribution in [0, 0.1) is 33.5 Å². The Morgan fingerprint density at radius 2 is 0.841 bits per heavy atom. The molecule has 0 N–H and O–H groups in total. The summed E-state index contributed by atoms with van der Waals surface area (Å²) in [6.45, 7) is 8.33. The van der Waals surface area contributed by atoms with E-state index >= 15 is 16.8 Å². The van der Waals surface area contributed by atoms with Crippen molar-refractivity contribution in [3.63, 3.8) is 0 Å². The maximum Gasteiger partial charge on any atom is 0.253 e. The summed E-state index contributed by atoms with van der Waals surface area (Å²) in [7, 11) is -15.4. The third-order valence-electron chi connectivity index (χ3n) is 20.2. The molecule has 0 spiro atoms. The summed E-state index contributed by atoms with van der Waals surface area (Å²) in [5.41, 5.74) is -2.94. The topological polar surface area (TPSA) is 127 Å². The lowest BCUT2D eigenvalue weighted by molar-refractivity contribution is -0.128. The quantitative estimate of drug-likeness (QED) is 0.112. The van der Waals surface area contributed by atoms with Crippen LogP contribution in [0.4, 0.5) is 0 Å². The Labute approximate surface area is 493 Å². The number of carbonyl (C=O) groups is 2. The number of Topliss-reactive ketones (excluding diaryl/α,β-unsaturated/α-hetero) is 2. The molecule has 4 bridgehead atoms. The van der Waals surface area contributed by atoms with E-state index in [2.05, 4.69) is 75.5 Å². The van der Waals surface area contributed by atoms with Crippen LogP contribution in [0.5, 0.6) is 0 Å². The van der Waals surface area contributed by atoms with Crippen molar-refractivity contribution in [3.8, 4) is 0 Å². The smallest absolute Gasteiger partial charge is 0.253 e. The Hall–Kier alpha value is -5.40. The van der Waals surface area contributed by atoms with Gasteiger partial charge in [-0.25, -0.2) is 16.8 Å². The van der Waals surface area contributed by atoms with Crippen molar-refractivity contribution in [1.29, 1.82) is 0 Å². The Morgan fingerprint density at radius 1 is 0.463 bits per heavy atom. The lowest BCUT2D eigenvalue weighted by atomic mass is 9.70. The number of hydrogen-bond acceptors (Lipinski definition) is 10. The van der Waals surface area contributed by atoms with E-state index in [4.69, 9.17) is 8.30 Å². The van der Waals surface area contributed by atoms with Gasteiger partial charge in [-0.3, -0.25) is 9.59 Å². The minimum absolute atomic E-state index is 0.0433. The maximum absolute atomic E-state index is 15.6. The Morgan fingerprint density at radius 3 is 1.27 bits per heavy atom. The van der Waals surface area contributed by atoms with Crippen LogP contribution in [0.1, 0.15) is 66.2 Å². The fourth-order valence-electron chi connectivity index (χ4n) is 15.7. The average molecular weight is 1230 g/mol. The molecule has 82 heavy (non-hydrogen) atoms. The zero-order valence-corrected chi connectivity index (χ0v) is 52.4. The van der Waals surface area contributed by atoms with Crippen molar-refractivity contribution in [2.45, 2.75) is 66.2 Å². The zero-order chi connectivity index (χ0) is 56.4. The molecule has 7 aromatic carbocycles. The number of carbonyl (C=O) groups excluding carboxylic acids is 2. The second kappa shape index (κ2) is 18.6. The molecule has 414 valence electrons. The number of thiophene rings is 4. The van der Waals surface area contributed by atoms with Crippen LogP contribution < -0.4 is 31.1 Å². The molecule has 4 fully saturated rings. The van der Waals surface area contributed by atoms with Crippen molar-refractivity contribution >= 4 is 183 Å². The number of rotatable bonds is 12. The minimum atomic E-state index is -4.30. The van der Waals surface area contributed by atoms with E-state index in [0.717, 1.165) is 104 Å². The number of nitrogens with zero attached hydrogens (tertiary/aromatic N) is 2. The van der Waals surface area contributed by atoms with Gasteiger partial charge in [0.15, 0.2) is 0 Å². The van der Waals surface area contributed by atoms with Crippen molar-refractivity contribution in [2.75, 3.05) is 11.5 Å². The molecule has 4 aliphatic carbocycles. The average Bonchev–Trinajstić information content (AvgIpc) is 3.80. The van der Waals surface area contributed by atoms with Crippen LogP contribution in [-0.4, -0.2) is 39.9 Å². The second-order valence-electron chi connectivity index (χ2n) is 24.4. The van der Waals surface area contributed by atoms with Crippen LogP contribution in [0.15, 0.2) is 177 Å². The van der Waals surface area contributed by atoms with Crippen LogP contribution in [0.3, 0.4) is 0 Å². The Balaban J connectivity index is 1.01. The Bertz CT molecular complexity index is 4810. The maximum atomic E-state index is 15.6. The molecule has 0 radical (unpaired) electrons. The molecule has 4 unspecified atom stereocenters. The van der Waals surface area contributed by atoms with E-state index in [1.807, 2.05) is 121 Å². The van der Waals surface area contributed by atoms with Crippen molar-refractivity contribution in [3.05, 3.63) is 169 Å². The SMILES string of the molecule is CC1(C)C2CCC1(CS(=O)(=O)N=P(c1ccccc1)(c1ccccc1)c1cc3c(ccc4sc5ccc6sc7ccc8scc(P(=NS(=O)(=O)CC9%10CCC(CC9=O)C%10(C)C)(c9ccccc9)c9ccccc9)c8c7c6c5c43)s1)C(=O)C2. The normalized spacial score (nSPS) is 22.5. The fourth-order valence-corrected chi connectivity index (χ4v) is 35.3. The van der Waals surface area contributed by atoms with Crippen LogP contribution >= 0.6 is 59.5 Å². The molecule has 8 nitrogen and oxygen atoms in total. The van der Waals surface area contributed by atoms with Gasteiger partial charge in [-0.1, -0.05) is 149 Å². The molecule has 0 aliphatic heterocycles. The highest BCUT2D eigenvalue weighted by atomic mass is 32.2. The predicted molar refractivity (Wildman–Crippen MR) is 350 cm³/mol. The standard InChI is InChI=1S/C66H58N2O6P2S6/c1-63(2)41-31-33-65(63,55(69)35-41)39-81(71,72)67-75(43-17-9-5-10-18-43,44-19-11-6-12-20-44)48-38-77-50-26-28-53-61(59(48)50)62-54(79-53)30-29-52-60(62)58-47-37-57(80-49(47)25-27-51(58)78-52)76(45-21-13-7-14-22-45,46-23-15-8-16-24-46)68-82(73,74)40-66-34-32-42(36-56(66)70)64(66,3)4/h5-30,37-38,41-42H,31-36,39-40H2,1-4H3. The van der Waals surface area contributed by atoms with Crippen molar-refractivity contribution in [1.82, 2.24) is 0 Å². The van der Waals surface area contributed by atoms with Gasteiger partial charge in [0, 0.05) is 105 Å². The summed E-state index contributed by atoms with van der Waals surface area (Å²) >= 11 is 6.68. The largest absolute Gasteiger partial charge is 0.299 e. The van der Waals surface area contributed by atoms with E-state index < -0.39 is 55.8 Å². The minimum Gasteiger partial charge on any atom is -0.299 e. The van der Waals surface area contributed by atoms with Crippen molar-refractivity contribution in [2.24, 2.45) is 41.8 Å². The third kappa shape index (κ3) is 7.47. The van der Waals surface area contributed by atoms with E-state index in [-0.39, 0.29) is 34.9 Å². The highest BCUT2D eigenvalue weighted by Crippen LogP contribution is 2.67. The molecule has 11 aromatic rings. The van der Waals surface area contributed by atoms with Gasteiger partial charge < -0.3 is 0 Å². The highest BCUT2D eigenvalue weighted by molar-refractivity contribution is 8.01.